The summed E-state index contributed by atoms with van der Waals surface area (Å²) in [7, 11) is 1.68. The molecule has 0 heterocycles. The third-order valence-electron chi connectivity index (χ3n) is 4.88. The largest absolute Gasteiger partial charge is 0.491 e. The van der Waals surface area contributed by atoms with Crippen LogP contribution in [0.2, 0.25) is 0 Å². The molecule has 0 unspecified atom stereocenters. The van der Waals surface area contributed by atoms with Gasteiger partial charge in [-0.1, -0.05) is 60.7 Å². The van der Waals surface area contributed by atoms with Gasteiger partial charge in [-0.05, 0) is 59.7 Å². The van der Waals surface area contributed by atoms with Gasteiger partial charge in [0, 0.05) is 24.2 Å². The standard InChI is InChI=1S/C27H25NO2/c1-29-19-20-30-27-14-8-9-23(21-27)22-15-17-26(18-16-22)28(24-10-4-2-5-11-24)25-12-6-3-7-13-25/h2-18,21H,19-20H2,1H3. The monoisotopic (exact) mass is 395 g/mol. The van der Waals surface area contributed by atoms with Crippen LogP contribution < -0.4 is 9.64 Å². The van der Waals surface area contributed by atoms with E-state index in [1.54, 1.807) is 7.11 Å². The van der Waals surface area contributed by atoms with Crippen molar-refractivity contribution < 1.29 is 9.47 Å². The Morgan fingerprint density at radius 3 is 1.77 bits per heavy atom. The number of rotatable bonds is 8. The van der Waals surface area contributed by atoms with Crippen molar-refractivity contribution in [3.8, 4) is 16.9 Å². The van der Waals surface area contributed by atoms with Gasteiger partial charge in [-0.15, -0.1) is 0 Å². The number of para-hydroxylation sites is 2. The summed E-state index contributed by atoms with van der Waals surface area (Å²) in [6, 6.07) is 37.6. The molecule has 0 N–H and O–H groups in total. The second kappa shape index (κ2) is 9.77. The highest BCUT2D eigenvalue weighted by molar-refractivity contribution is 5.78. The lowest BCUT2D eigenvalue weighted by molar-refractivity contribution is 0.146. The lowest BCUT2D eigenvalue weighted by Crippen LogP contribution is -2.09. The molecule has 0 saturated heterocycles. The molecule has 0 aliphatic carbocycles. The van der Waals surface area contributed by atoms with E-state index in [4.69, 9.17) is 9.47 Å². The number of hydrogen-bond acceptors (Lipinski definition) is 3. The van der Waals surface area contributed by atoms with Crippen LogP contribution in [0.3, 0.4) is 0 Å². The number of methoxy groups -OCH3 is 1. The van der Waals surface area contributed by atoms with Crippen LogP contribution in [0.15, 0.2) is 109 Å². The van der Waals surface area contributed by atoms with Gasteiger partial charge in [0.25, 0.3) is 0 Å². The van der Waals surface area contributed by atoms with E-state index in [0.29, 0.717) is 13.2 Å². The van der Waals surface area contributed by atoms with Crippen LogP contribution in [0.5, 0.6) is 5.75 Å². The minimum Gasteiger partial charge on any atom is -0.491 e. The van der Waals surface area contributed by atoms with Crippen molar-refractivity contribution in [2.24, 2.45) is 0 Å². The zero-order valence-electron chi connectivity index (χ0n) is 17.1. The van der Waals surface area contributed by atoms with E-state index in [0.717, 1.165) is 33.9 Å². The maximum Gasteiger partial charge on any atom is 0.120 e. The number of anilines is 3. The van der Waals surface area contributed by atoms with E-state index in [1.807, 2.05) is 24.3 Å². The normalized spacial score (nSPS) is 10.6. The molecule has 4 rings (SSSR count). The number of ether oxygens (including phenoxy) is 2. The molecule has 30 heavy (non-hydrogen) atoms. The van der Waals surface area contributed by atoms with Gasteiger partial charge >= 0.3 is 0 Å². The molecule has 4 aromatic rings. The molecule has 0 saturated carbocycles. The number of hydrogen-bond donors (Lipinski definition) is 0. The van der Waals surface area contributed by atoms with E-state index >= 15 is 0 Å². The fraction of sp³-hybridized carbons (Fsp3) is 0.111. The van der Waals surface area contributed by atoms with Crippen LogP contribution in [0.1, 0.15) is 0 Å². The van der Waals surface area contributed by atoms with Crippen LogP contribution >= 0.6 is 0 Å². The van der Waals surface area contributed by atoms with Crippen LogP contribution in [0.4, 0.5) is 17.1 Å². The minimum atomic E-state index is 0.544. The predicted molar refractivity (Wildman–Crippen MR) is 124 cm³/mol. The van der Waals surface area contributed by atoms with E-state index in [9.17, 15) is 0 Å². The minimum absolute atomic E-state index is 0.544. The summed E-state index contributed by atoms with van der Waals surface area (Å²) in [5.74, 6) is 0.851. The Morgan fingerprint density at radius 2 is 1.17 bits per heavy atom. The second-order valence-corrected chi connectivity index (χ2v) is 6.92. The molecule has 0 radical (unpaired) electrons. The highest BCUT2D eigenvalue weighted by Gasteiger charge is 2.12. The van der Waals surface area contributed by atoms with Crippen LogP contribution in [0, 0.1) is 0 Å². The van der Waals surface area contributed by atoms with Gasteiger partial charge in [-0.3, -0.25) is 0 Å². The molecular formula is C27H25NO2. The molecule has 3 nitrogen and oxygen atoms in total. The van der Waals surface area contributed by atoms with Crippen molar-refractivity contribution in [2.45, 2.75) is 0 Å². The first-order valence-corrected chi connectivity index (χ1v) is 10.1. The van der Waals surface area contributed by atoms with Crippen LogP contribution in [-0.4, -0.2) is 20.3 Å². The van der Waals surface area contributed by atoms with Gasteiger partial charge in [-0.2, -0.15) is 0 Å². The Kier molecular flexibility index (Phi) is 6.43. The van der Waals surface area contributed by atoms with Crippen molar-refractivity contribution >= 4 is 17.1 Å². The first kappa shape index (κ1) is 19.7. The fourth-order valence-electron chi connectivity index (χ4n) is 3.41. The number of benzene rings is 4. The molecule has 0 fully saturated rings. The van der Waals surface area contributed by atoms with E-state index in [-0.39, 0.29) is 0 Å². The smallest absolute Gasteiger partial charge is 0.120 e. The van der Waals surface area contributed by atoms with Gasteiger partial charge in [0.1, 0.15) is 12.4 Å². The van der Waals surface area contributed by atoms with Crippen molar-refractivity contribution in [2.75, 3.05) is 25.2 Å². The third kappa shape index (κ3) is 4.70. The SMILES string of the molecule is COCCOc1cccc(-c2ccc(N(c3ccccc3)c3ccccc3)cc2)c1. The summed E-state index contributed by atoms with van der Waals surface area (Å²) in [5.41, 5.74) is 5.65. The Morgan fingerprint density at radius 1 is 0.567 bits per heavy atom. The van der Waals surface area contributed by atoms with Crippen LogP contribution in [0.25, 0.3) is 11.1 Å². The van der Waals surface area contributed by atoms with Gasteiger partial charge in [0.05, 0.1) is 6.61 Å². The molecule has 0 aliphatic rings. The summed E-state index contributed by atoms with van der Waals surface area (Å²) in [6.07, 6.45) is 0. The predicted octanol–water partition coefficient (Wildman–Crippen LogP) is 6.85. The maximum absolute atomic E-state index is 5.75. The summed E-state index contributed by atoms with van der Waals surface area (Å²) in [6.45, 7) is 1.12. The van der Waals surface area contributed by atoms with Gasteiger partial charge in [0.15, 0.2) is 0 Å². The summed E-state index contributed by atoms with van der Waals surface area (Å²) < 4.78 is 10.8. The fourth-order valence-corrected chi connectivity index (χ4v) is 3.41. The van der Waals surface area contributed by atoms with Gasteiger partial charge in [0.2, 0.25) is 0 Å². The molecule has 0 aromatic heterocycles. The van der Waals surface area contributed by atoms with E-state index in [1.165, 1.54) is 0 Å². The van der Waals surface area contributed by atoms with Crippen LogP contribution in [-0.2, 0) is 4.74 Å². The molecule has 0 aliphatic heterocycles. The molecule has 0 atom stereocenters. The highest BCUT2D eigenvalue weighted by atomic mass is 16.5. The summed E-state index contributed by atoms with van der Waals surface area (Å²) in [5, 5.41) is 0. The van der Waals surface area contributed by atoms with Crippen molar-refractivity contribution in [1.29, 1.82) is 0 Å². The Bertz CT molecular complexity index is 1010. The Labute approximate surface area is 178 Å². The molecule has 4 aromatic carbocycles. The molecule has 150 valence electrons. The third-order valence-corrected chi connectivity index (χ3v) is 4.88. The highest BCUT2D eigenvalue weighted by Crippen LogP contribution is 2.35. The molecular weight excluding hydrogens is 370 g/mol. The summed E-state index contributed by atoms with van der Waals surface area (Å²) in [4.78, 5) is 2.26. The van der Waals surface area contributed by atoms with E-state index < -0.39 is 0 Å². The second-order valence-electron chi connectivity index (χ2n) is 6.92. The topological polar surface area (TPSA) is 21.7 Å². The first-order valence-electron chi connectivity index (χ1n) is 10.1. The Hall–Kier alpha value is -3.56. The van der Waals surface area contributed by atoms with Gasteiger partial charge in [-0.25, -0.2) is 0 Å². The molecule has 3 heteroatoms. The molecule has 0 bridgehead atoms. The average molecular weight is 396 g/mol. The van der Waals surface area contributed by atoms with Crippen molar-refractivity contribution in [3.05, 3.63) is 109 Å². The van der Waals surface area contributed by atoms with Gasteiger partial charge < -0.3 is 14.4 Å². The zero-order valence-corrected chi connectivity index (χ0v) is 17.1. The summed E-state index contributed by atoms with van der Waals surface area (Å²) >= 11 is 0. The Balaban J connectivity index is 1.62. The van der Waals surface area contributed by atoms with E-state index in [2.05, 4.69) is 89.8 Å². The lowest BCUT2D eigenvalue weighted by Gasteiger charge is -2.25. The van der Waals surface area contributed by atoms with Crippen molar-refractivity contribution in [1.82, 2.24) is 0 Å². The number of nitrogens with zero attached hydrogens (tertiary/aromatic N) is 1. The zero-order chi connectivity index (χ0) is 20.6. The lowest BCUT2D eigenvalue weighted by atomic mass is 10.0. The first-order chi connectivity index (χ1) is 14.8. The maximum atomic E-state index is 5.75. The average Bonchev–Trinajstić information content (AvgIpc) is 2.82. The molecule has 0 amide bonds. The van der Waals surface area contributed by atoms with Crippen molar-refractivity contribution in [3.63, 3.8) is 0 Å². The quantitative estimate of drug-likeness (QED) is 0.305. The molecule has 0 spiro atoms.